The molecule has 0 aliphatic heterocycles. The lowest BCUT2D eigenvalue weighted by atomic mass is 9.98. The summed E-state index contributed by atoms with van der Waals surface area (Å²) >= 11 is 0. The number of para-hydroxylation sites is 6. The summed E-state index contributed by atoms with van der Waals surface area (Å²) in [6, 6.07) is 132. The Morgan fingerprint density at radius 3 is 0.770 bits per heavy atom. The van der Waals surface area contributed by atoms with Gasteiger partial charge < -0.3 is 18.3 Å². The van der Waals surface area contributed by atoms with Crippen molar-refractivity contribution in [3.05, 3.63) is 388 Å². The maximum Gasteiger partial charge on any atom is 0.0623 e. The van der Waals surface area contributed by atoms with Crippen molar-refractivity contribution < 1.29 is 4.11 Å². The van der Waals surface area contributed by atoms with Gasteiger partial charge in [0, 0.05) is 65.8 Å². The Hall–Kier alpha value is -13.3. The molecule has 4 heterocycles. The molecule has 0 fully saturated rings. The third-order valence-electron chi connectivity index (χ3n) is 20.0. The molecule has 0 saturated heterocycles. The molecule has 100 heavy (non-hydrogen) atoms. The van der Waals surface area contributed by atoms with Crippen LogP contribution in [0.15, 0.2) is 388 Å². The number of aromatic nitrogens is 4. The minimum Gasteiger partial charge on any atom is -0.309 e. The lowest BCUT2D eigenvalue weighted by molar-refractivity contribution is 1.18. The summed E-state index contributed by atoms with van der Waals surface area (Å²) < 4.78 is 34.8. The highest BCUT2D eigenvalue weighted by atomic mass is 15.0. The highest BCUT2D eigenvalue weighted by Crippen LogP contribution is 2.43. The van der Waals surface area contributed by atoms with Crippen LogP contribution in [-0.4, -0.2) is 18.3 Å². The minimum atomic E-state index is 0.493. The number of fused-ring (bicyclic) bond motifs is 12. The Kier molecular flexibility index (Phi) is 13.4. The van der Waals surface area contributed by atoms with Gasteiger partial charge in [-0.25, -0.2) is 0 Å². The Balaban J connectivity index is 0.000000142. The second-order valence-corrected chi connectivity index (χ2v) is 25.8. The summed E-state index contributed by atoms with van der Waals surface area (Å²) in [5.41, 5.74) is 27.2. The molecule has 0 amide bonds. The zero-order chi connectivity index (χ0) is 68.7. The summed E-state index contributed by atoms with van der Waals surface area (Å²) in [5.74, 6) is 0. The van der Waals surface area contributed by atoms with Gasteiger partial charge in [-0.2, -0.15) is 0 Å². The fraction of sp³-hybridized carbons (Fsp3) is 0. The molecule has 0 N–H and O–H groups in total. The molecule has 0 aliphatic rings. The van der Waals surface area contributed by atoms with Gasteiger partial charge >= 0.3 is 0 Å². The van der Waals surface area contributed by atoms with Crippen LogP contribution in [0.1, 0.15) is 4.11 Å². The van der Waals surface area contributed by atoms with Gasteiger partial charge in [0.1, 0.15) is 0 Å². The molecule has 0 aliphatic carbocycles. The molecule has 20 rings (SSSR count). The average molecular weight is 1280 g/mol. The number of hydrogen-bond donors (Lipinski definition) is 0. The van der Waals surface area contributed by atoms with Crippen LogP contribution in [0.25, 0.3) is 177 Å². The number of benzene rings is 16. The van der Waals surface area contributed by atoms with Gasteiger partial charge in [-0.1, -0.05) is 267 Å². The van der Waals surface area contributed by atoms with E-state index in [1.165, 1.54) is 38.5 Å². The largest absolute Gasteiger partial charge is 0.309 e. The first kappa shape index (κ1) is 54.9. The molecule has 0 unspecified atom stereocenters. The highest BCUT2D eigenvalue weighted by Gasteiger charge is 2.21. The monoisotopic (exact) mass is 1280 g/mol. The smallest absolute Gasteiger partial charge is 0.0623 e. The first-order valence-corrected chi connectivity index (χ1v) is 34.1. The van der Waals surface area contributed by atoms with Crippen molar-refractivity contribution in [1.82, 2.24) is 18.3 Å². The Labute approximate surface area is 583 Å². The fourth-order valence-corrected chi connectivity index (χ4v) is 15.4. The number of nitrogens with zero attached hydrogens (tertiary/aromatic N) is 4. The van der Waals surface area contributed by atoms with Gasteiger partial charge in [0.2, 0.25) is 0 Å². The quantitative estimate of drug-likeness (QED) is 0.130. The maximum atomic E-state index is 8.53. The van der Waals surface area contributed by atoms with Crippen molar-refractivity contribution in [1.29, 1.82) is 0 Å². The fourth-order valence-electron chi connectivity index (χ4n) is 15.4. The first-order valence-electron chi connectivity index (χ1n) is 35.6. The van der Waals surface area contributed by atoms with Gasteiger partial charge in [-0.15, -0.1) is 0 Å². The second-order valence-electron chi connectivity index (χ2n) is 25.8. The number of rotatable bonds is 10. The molecule has 468 valence electrons. The van der Waals surface area contributed by atoms with Crippen LogP contribution in [0.5, 0.6) is 0 Å². The van der Waals surface area contributed by atoms with Gasteiger partial charge in [-0.05, 0) is 188 Å². The van der Waals surface area contributed by atoms with Gasteiger partial charge in [0.15, 0.2) is 0 Å². The molecule has 4 heteroatoms. The van der Waals surface area contributed by atoms with Crippen LogP contribution in [0.2, 0.25) is 0 Å². The van der Waals surface area contributed by atoms with E-state index in [9.17, 15) is 0 Å². The Morgan fingerprint density at radius 1 is 0.140 bits per heavy atom. The van der Waals surface area contributed by atoms with E-state index < -0.39 is 0 Å². The summed E-state index contributed by atoms with van der Waals surface area (Å²) in [5, 5.41) is 9.04. The summed E-state index contributed by atoms with van der Waals surface area (Å²) in [6.45, 7) is 0. The van der Waals surface area contributed by atoms with Crippen molar-refractivity contribution >= 4 is 87.2 Å². The maximum absolute atomic E-state index is 8.53. The summed E-state index contributed by atoms with van der Waals surface area (Å²) in [7, 11) is 0. The van der Waals surface area contributed by atoms with Crippen molar-refractivity contribution in [3.63, 3.8) is 0 Å². The van der Waals surface area contributed by atoms with Crippen LogP contribution in [0.3, 0.4) is 0 Å². The van der Waals surface area contributed by atoms with E-state index in [0.29, 0.717) is 18.1 Å². The second kappa shape index (κ2) is 24.4. The molecule has 0 saturated carbocycles. The molecule has 0 radical (unpaired) electrons. The predicted molar refractivity (Wildman–Crippen MR) is 423 cm³/mol. The third kappa shape index (κ3) is 10.1. The van der Waals surface area contributed by atoms with Crippen LogP contribution < -0.4 is 0 Å². The van der Waals surface area contributed by atoms with E-state index in [-0.39, 0.29) is 0 Å². The molecular weight excluding hydrogens is 1210 g/mol. The van der Waals surface area contributed by atoms with E-state index in [2.05, 4.69) is 340 Å². The predicted octanol–water partition coefficient (Wildman–Crippen LogP) is 25.8. The van der Waals surface area contributed by atoms with Crippen molar-refractivity contribution in [2.45, 2.75) is 0 Å². The zero-order valence-corrected chi connectivity index (χ0v) is 54.5. The molecule has 0 bridgehead atoms. The SMILES string of the molecule is [2H]c1ccc2c(c1)c1cc(-c3ccc4c5cc([2H])ccc5n(-c5cc(-c6ccccc6)cc(-c6ccccc6)c5)c4c3)ccc1n2-c1ccccc1.[2H]c1ccc2c(c1)c1cc(-c3ccc4c5ccccc5n(-c5cc(-c6ccccc6)cc(-c6ccccc6)c5)c4c3)ccc1n2-c1ccccc1. The lowest BCUT2D eigenvalue weighted by Gasteiger charge is -2.14. The molecule has 0 spiro atoms. The van der Waals surface area contributed by atoms with Crippen LogP contribution >= 0.6 is 0 Å². The third-order valence-corrected chi connectivity index (χ3v) is 20.0. The number of hydrogen-bond acceptors (Lipinski definition) is 0. The van der Waals surface area contributed by atoms with Crippen molar-refractivity contribution in [2.75, 3.05) is 0 Å². The Morgan fingerprint density at radius 2 is 0.400 bits per heavy atom. The van der Waals surface area contributed by atoms with E-state index in [1.807, 2.05) is 48.5 Å². The molecule has 4 aromatic heterocycles. The van der Waals surface area contributed by atoms with E-state index in [0.717, 1.165) is 138 Å². The molecule has 4 nitrogen and oxygen atoms in total. The van der Waals surface area contributed by atoms with Gasteiger partial charge in [0.05, 0.1) is 48.2 Å². The van der Waals surface area contributed by atoms with Gasteiger partial charge in [0.25, 0.3) is 0 Å². The topological polar surface area (TPSA) is 19.7 Å². The van der Waals surface area contributed by atoms with Crippen LogP contribution in [0.4, 0.5) is 0 Å². The lowest BCUT2D eigenvalue weighted by Crippen LogP contribution is -1.96. The van der Waals surface area contributed by atoms with Crippen molar-refractivity contribution in [3.8, 4) is 89.5 Å². The highest BCUT2D eigenvalue weighted by molar-refractivity contribution is 6.15. The van der Waals surface area contributed by atoms with E-state index in [4.69, 9.17) is 4.11 Å². The zero-order valence-electron chi connectivity index (χ0n) is 57.5. The van der Waals surface area contributed by atoms with E-state index >= 15 is 0 Å². The van der Waals surface area contributed by atoms with Crippen LogP contribution in [-0.2, 0) is 0 Å². The average Bonchev–Trinajstić information content (AvgIpc) is 1.57. The first-order chi connectivity index (χ1) is 50.8. The Bertz CT molecular complexity index is 6560. The van der Waals surface area contributed by atoms with E-state index in [1.54, 1.807) is 0 Å². The summed E-state index contributed by atoms with van der Waals surface area (Å²) in [6.07, 6.45) is 0. The molecule has 16 aromatic carbocycles. The van der Waals surface area contributed by atoms with Crippen LogP contribution in [0, 0.1) is 0 Å². The normalized spacial score (nSPS) is 12.0. The molecule has 20 aromatic rings. The molecular formula is C96H64N4. The summed E-state index contributed by atoms with van der Waals surface area (Å²) in [4.78, 5) is 0. The van der Waals surface area contributed by atoms with Crippen molar-refractivity contribution in [2.24, 2.45) is 0 Å². The molecule has 0 atom stereocenters. The minimum absolute atomic E-state index is 0.493. The van der Waals surface area contributed by atoms with Gasteiger partial charge in [-0.3, -0.25) is 0 Å². The standard InChI is InChI=1S/2C48H32N2/c2*1-4-14-33(15-5-1)37-28-38(34-16-6-2-7-17-34)30-40(29-37)50-45-22-12-10-20-41(45)43-26-24-36(32-48(43)50)35-25-27-47-44(31-35)42-21-11-13-23-46(42)49(47)39-18-8-3-9-19-39/h2*1-32H/i10D,11D;11D.